The second kappa shape index (κ2) is 13.9. The van der Waals surface area contributed by atoms with Gasteiger partial charge in [0, 0.05) is 17.5 Å². The van der Waals surface area contributed by atoms with Crippen LogP contribution in [0, 0.1) is 6.92 Å². The zero-order valence-electron chi connectivity index (χ0n) is 18.2. The van der Waals surface area contributed by atoms with Crippen LogP contribution in [-0.4, -0.2) is 12.3 Å². The van der Waals surface area contributed by atoms with Crippen LogP contribution >= 0.6 is 12.0 Å². The molecule has 0 spiro atoms. The third-order valence-corrected chi connectivity index (χ3v) is 4.60. The topological polar surface area (TPSA) is 117 Å². The second-order valence-corrected chi connectivity index (χ2v) is 7.22. The minimum absolute atomic E-state index is 0. The van der Waals surface area contributed by atoms with E-state index in [0.29, 0.717) is 27.7 Å². The molecule has 3 rings (SSSR count). The molecule has 164 valence electrons. The first-order valence-corrected chi connectivity index (χ1v) is 10.1. The fourth-order valence-corrected chi connectivity index (χ4v) is 2.89. The van der Waals surface area contributed by atoms with Gasteiger partial charge in [0.25, 0.3) is 0 Å². The summed E-state index contributed by atoms with van der Waals surface area (Å²) in [6.07, 6.45) is 1.33. The number of hydrogen-bond donors (Lipinski definition) is 1. The van der Waals surface area contributed by atoms with Crippen molar-refractivity contribution in [3.63, 3.8) is 0 Å². The molecule has 0 saturated heterocycles. The van der Waals surface area contributed by atoms with Crippen LogP contribution in [-0.2, 0) is 14.2 Å². The van der Waals surface area contributed by atoms with Gasteiger partial charge in [-0.3, -0.25) is 9.83 Å². The number of carbonyl (C=O) groups is 1. The van der Waals surface area contributed by atoms with Crippen molar-refractivity contribution in [3.05, 3.63) is 72.3 Å². The summed E-state index contributed by atoms with van der Waals surface area (Å²) in [7, 11) is 0. The maximum Gasteiger partial charge on any atom is 1.00 e. The number of azo groups is 1. The Kier molecular flexibility index (Phi) is 11.2. The van der Waals surface area contributed by atoms with Gasteiger partial charge in [-0.1, -0.05) is 0 Å². The first-order chi connectivity index (χ1) is 15.5. The van der Waals surface area contributed by atoms with Gasteiger partial charge in [0.15, 0.2) is 6.40 Å². The minimum Gasteiger partial charge on any atom is -0.691 e. The summed E-state index contributed by atoms with van der Waals surface area (Å²) in [4.78, 5) is 16.0. The molecule has 3 aromatic rings. The molecule has 0 radical (unpaired) electrons. The summed E-state index contributed by atoms with van der Waals surface area (Å²) in [6.45, 7) is 3.36. The van der Waals surface area contributed by atoms with Crippen LogP contribution in [0.15, 0.2) is 86.8 Å². The van der Waals surface area contributed by atoms with Gasteiger partial charge < -0.3 is 15.3 Å². The summed E-state index contributed by atoms with van der Waals surface area (Å²) in [5.41, 5.74) is 3.66. The number of benzene rings is 3. The van der Waals surface area contributed by atoms with E-state index in [-0.39, 0.29) is 35.5 Å². The Hall–Kier alpha value is -2.57. The number of hydrogen-bond acceptors (Lipinski definition) is 9. The number of nitrogens with zero attached hydrogens (tertiary/aromatic N) is 3. The monoisotopic (exact) mass is 474 g/mol. The van der Waals surface area contributed by atoms with E-state index in [4.69, 9.17) is 4.74 Å². The van der Waals surface area contributed by atoms with Gasteiger partial charge in [-0.05, 0) is 79.2 Å². The van der Waals surface area contributed by atoms with Crippen LogP contribution in [0.25, 0.3) is 0 Å². The van der Waals surface area contributed by atoms with Crippen LogP contribution in [0.4, 0.5) is 22.7 Å². The maximum absolute atomic E-state index is 11.1. The molecule has 0 bridgehead atoms. The first-order valence-electron chi connectivity index (χ1n) is 9.36. The second-order valence-electron chi connectivity index (χ2n) is 6.44. The average molecular weight is 474 g/mol. The number of rotatable bonds is 9. The number of carbonyl (C=O) groups excluding carboxylic acids is 1. The molecule has 3 aromatic carbocycles. The van der Waals surface area contributed by atoms with E-state index < -0.39 is 0 Å². The molecule has 1 N–H and O–H groups in total. The van der Waals surface area contributed by atoms with E-state index in [1.807, 2.05) is 13.0 Å². The number of anilines is 1. The van der Waals surface area contributed by atoms with E-state index >= 15 is 0 Å². The van der Waals surface area contributed by atoms with Crippen molar-refractivity contribution < 1.29 is 53.7 Å². The number of aryl methyl sites for hydroxylation is 1. The van der Waals surface area contributed by atoms with Gasteiger partial charge in [-0.25, -0.2) is 4.99 Å². The third-order valence-electron chi connectivity index (χ3n) is 4.01. The van der Waals surface area contributed by atoms with Crippen LogP contribution in [0.2, 0.25) is 0 Å². The molecule has 9 nitrogen and oxygen atoms in total. The van der Waals surface area contributed by atoms with Crippen LogP contribution < -0.4 is 44.9 Å². The largest absolute Gasteiger partial charge is 1.00 e. The smallest absolute Gasteiger partial charge is 0.691 e. The van der Waals surface area contributed by atoms with E-state index in [1.165, 1.54) is 13.3 Å². The number of amides is 1. The molecule has 0 fully saturated rings. The van der Waals surface area contributed by atoms with Crippen molar-refractivity contribution in [2.24, 2.45) is 15.2 Å². The molecular weight excluding hydrogens is 455 g/mol. The van der Waals surface area contributed by atoms with Crippen molar-refractivity contribution in [1.82, 2.24) is 0 Å². The maximum atomic E-state index is 11.1. The summed E-state index contributed by atoms with van der Waals surface area (Å²) in [5.74, 6) is 0.470. The van der Waals surface area contributed by atoms with E-state index in [1.54, 1.807) is 60.7 Å². The van der Waals surface area contributed by atoms with Crippen LogP contribution in [0.5, 0.6) is 5.75 Å². The molecule has 0 aliphatic carbocycles. The Morgan fingerprint density at radius 2 is 1.70 bits per heavy atom. The molecule has 0 unspecified atom stereocenters. The summed E-state index contributed by atoms with van der Waals surface area (Å²) in [5, 5.41) is 24.3. The predicted octanol–water partition coefficient (Wildman–Crippen LogP) is 2.34. The standard InChI is InChI=1S/C22H20N4O5S.Na/c1-15-13-19(24-16(2)27)7-12-22(15)26-25-18-3-8-20(9-4-18)29-14-23-17-5-10-21(11-6-17)32-31-30-28;/h3-14,28H,1-2H3,(H,24,27);/q;+1/p-1. The SMILES string of the molecule is CC(=O)Nc1ccc(N=Nc2ccc(OC=Nc3ccc(SOO[O-])cc3)cc2)c(C)c1.[Na+]. The van der Waals surface area contributed by atoms with Gasteiger partial charge in [0.05, 0.1) is 29.1 Å². The minimum atomic E-state index is -0.124. The zero-order valence-corrected chi connectivity index (χ0v) is 21.0. The van der Waals surface area contributed by atoms with E-state index in [9.17, 15) is 10.1 Å². The van der Waals surface area contributed by atoms with Crippen LogP contribution in [0.1, 0.15) is 12.5 Å². The van der Waals surface area contributed by atoms with Gasteiger partial charge in [-0.15, -0.1) is 0 Å². The number of nitrogens with one attached hydrogen (secondary N) is 1. The fourth-order valence-electron chi connectivity index (χ4n) is 2.54. The van der Waals surface area contributed by atoms with Crippen molar-refractivity contribution in [1.29, 1.82) is 0 Å². The van der Waals surface area contributed by atoms with Gasteiger partial charge in [0.2, 0.25) is 5.91 Å². The normalized spacial score (nSPS) is 10.9. The number of aliphatic imine (C=N–C) groups is 1. The summed E-state index contributed by atoms with van der Waals surface area (Å²) in [6, 6.07) is 19.4. The van der Waals surface area contributed by atoms with Crippen molar-refractivity contribution >= 4 is 47.1 Å². The molecule has 0 aromatic heterocycles. The quantitative estimate of drug-likeness (QED) is 0.0968. The van der Waals surface area contributed by atoms with Gasteiger partial charge in [-0.2, -0.15) is 14.6 Å². The Morgan fingerprint density at radius 3 is 2.33 bits per heavy atom. The van der Waals surface area contributed by atoms with Crippen molar-refractivity contribution in [2.45, 2.75) is 18.7 Å². The molecule has 0 saturated carbocycles. The number of ether oxygens (including phenoxy) is 1. The molecule has 0 atom stereocenters. The average Bonchev–Trinajstić information content (AvgIpc) is 2.78. The molecule has 0 heterocycles. The third kappa shape index (κ3) is 9.06. The van der Waals surface area contributed by atoms with Crippen molar-refractivity contribution in [2.75, 3.05) is 5.32 Å². The van der Waals surface area contributed by atoms with Gasteiger partial charge in [0.1, 0.15) is 5.75 Å². The molecule has 11 heteroatoms. The van der Waals surface area contributed by atoms with E-state index in [0.717, 1.165) is 23.3 Å². The first kappa shape index (κ1) is 26.7. The summed E-state index contributed by atoms with van der Waals surface area (Å²) < 4.78 is 9.74. The Balaban J connectivity index is 0.00000385. The molecule has 1 amide bonds. The molecular formula is C22H19N4NaO5S. The Labute approximate surface area is 217 Å². The van der Waals surface area contributed by atoms with E-state index in [2.05, 4.69) is 29.9 Å². The van der Waals surface area contributed by atoms with Crippen molar-refractivity contribution in [3.8, 4) is 5.75 Å². The Morgan fingerprint density at radius 1 is 1.00 bits per heavy atom. The summed E-state index contributed by atoms with van der Waals surface area (Å²) >= 11 is 0.807. The predicted molar refractivity (Wildman–Crippen MR) is 119 cm³/mol. The molecule has 0 aliphatic heterocycles. The molecule has 0 aliphatic rings. The van der Waals surface area contributed by atoms with Crippen LogP contribution in [0.3, 0.4) is 0 Å². The molecule has 33 heavy (non-hydrogen) atoms. The fraction of sp³-hybridized carbons (Fsp3) is 0.0909. The Bertz CT molecular complexity index is 1110. The van der Waals surface area contributed by atoms with Gasteiger partial charge >= 0.3 is 29.6 Å². The zero-order chi connectivity index (χ0) is 22.8.